The van der Waals surface area contributed by atoms with Crippen LogP contribution >= 0.6 is 0 Å². The van der Waals surface area contributed by atoms with Gasteiger partial charge in [-0.1, -0.05) is 29.8 Å². The van der Waals surface area contributed by atoms with Crippen molar-refractivity contribution in [1.82, 2.24) is 0 Å². The molecule has 98 valence electrons. The molecule has 0 fully saturated rings. The van der Waals surface area contributed by atoms with Crippen LogP contribution in [0.4, 0.5) is 4.39 Å². The first-order chi connectivity index (χ1) is 9.06. The predicted molar refractivity (Wildman–Crippen MR) is 68.9 cm³/mol. The van der Waals surface area contributed by atoms with Crippen molar-refractivity contribution in [3.63, 3.8) is 0 Å². The van der Waals surface area contributed by atoms with Gasteiger partial charge in [0, 0.05) is 6.07 Å². The Morgan fingerprint density at radius 3 is 2.74 bits per heavy atom. The molecule has 0 spiro atoms. The third kappa shape index (κ3) is 3.31. The molecule has 3 nitrogen and oxygen atoms in total. The van der Waals surface area contributed by atoms with Crippen LogP contribution in [0.15, 0.2) is 42.5 Å². The fourth-order valence-corrected chi connectivity index (χ4v) is 1.76. The minimum absolute atomic E-state index is 0.0361. The van der Waals surface area contributed by atoms with Gasteiger partial charge in [-0.2, -0.15) is 0 Å². The molecule has 0 aliphatic rings. The summed E-state index contributed by atoms with van der Waals surface area (Å²) < 4.78 is 18.5. The van der Waals surface area contributed by atoms with Crippen LogP contribution in [0, 0.1) is 12.7 Å². The number of benzene rings is 2. The van der Waals surface area contributed by atoms with Gasteiger partial charge >= 0.3 is 5.97 Å². The Morgan fingerprint density at radius 2 is 2.05 bits per heavy atom. The minimum Gasteiger partial charge on any atom is -0.488 e. The van der Waals surface area contributed by atoms with Crippen LogP contribution in [0.2, 0.25) is 0 Å². The average molecular weight is 260 g/mol. The number of halogens is 1. The summed E-state index contributed by atoms with van der Waals surface area (Å²) in [5, 5.41) is 9.00. The van der Waals surface area contributed by atoms with Crippen LogP contribution in [0.3, 0.4) is 0 Å². The van der Waals surface area contributed by atoms with Gasteiger partial charge in [0.05, 0.1) is 0 Å². The molecule has 0 unspecified atom stereocenters. The molecule has 2 aromatic rings. The Balaban J connectivity index is 2.19. The summed E-state index contributed by atoms with van der Waals surface area (Å²) in [5.74, 6) is -1.63. The highest BCUT2D eigenvalue weighted by molar-refractivity contribution is 5.90. The van der Waals surface area contributed by atoms with Crippen molar-refractivity contribution < 1.29 is 19.0 Å². The zero-order chi connectivity index (χ0) is 13.8. The molecular weight excluding hydrogens is 247 g/mol. The van der Waals surface area contributed by atoms with E-state index in [4.69, 9.17) is 9.84 Å². The molecule has 2 rings (SSSR count). The minimum atomic E-state index is -1.14. The molecule has 0 radical (unpaired) electrons. The Hall–Kier alpha value is -2.36. The van der Waals surface area contributed by atoms with Gasteiger partial charge in [0.2, 0.25) is 0 Å². The topological polar surface area (TPSA) is 46.5 Å². The second kappa shape index (κ2) is 5.52. The van der Waals surface area contributed by atoms with E-state index in [9.17, 15) is 9.18 Å². The van der Waals surface area contributed by atoms with Crippen LogP contribution in [-0.2, 0) is 6.61 Å². The van der Waals surface area contributed by atoms with Crippen molar-refractivity contribution in [3.8, 4) is 5.75 Å². The Morgan fingerprint density at radius 1 is 1.26 bits per heavy atom. The molecule has 2 aromatic carbocycles. The van der Waals surface area contributed by atoms with E-state index < -0.39 is 11.8 Å². The lowest BCUT2D eigenvalue weighted by Gasteiger charge is -2.09. The van der Waals surface area contributed by atoms with E-state index >= 15 is 0 Å². The predicted octanol–water partition coefficient (Wildman–Crippen LogP) is 3.41. The zero-order valence-electron chi connectivity index (χ0n) is 10.4. The number of aromatic carboxylic acids is 1. The summed E-state index contributed by atoms with van der Waals surface area (Å²) in [6.07, 6.45) is 0. The Kier molecular flexibility index (Phi) is 3.80. The number of rotatable bonds is 4. The van der Waals surface area contributed by atoms with Crippen molar-refractivity contribution in [2.24, 2.45) is 0 Å². The summed E-state index contributed by atoms with van der Waals surface area (Å²) in [7, 11) is 0. The van der Waals surface area contributed by atoms with Crippen LogP contribution < -0.4 is 4.74 Å². The quantitative estimate of drug-likeness (QED) is 0.916. The highest BCUT2D eigenvalue weighted by Crippen LogP contribution is 2.21. The third-order valence-corrected chi connectivity index (χ3v) is 2.65. The van der Waals surface area contributed by atoms with Crippen molar-refractivity contribution in [2.75, 3.05) is 0 Å². The summed E-state index contributed by atoms with van der Waals surface area (Å²) in [6, 6.07) is 11.0. The second-order valence-electron chi connectivity index (χ2n) is 4.22. The van der Waals surface area contributed by atoms with Crippen molar-refractivity contribution in [2.45, 2.75) is 13.5 Å². The summed E-state index contributed by atoms with van der Waals surface area (Å²) in [5.41, 5.74) is 1.94. The number of carboxylic acids is 1. The largest absolute Gasteiger partial charge is 0.488 e. The molecule has 0 bridgehead atoms. The number of hydrogen-bond acceptors (Lipinski definition) is 2. The van der Waals surface area contributed by atoms with E-state index in [0.717, 1.165) is 23.3 Å². The van der Waals surface area contributed by atoms with E-state index in [0.29, 0.717) is 0 Å². The van der Waals surface area contributed by atoms with E-state index in [2.05, 4.69) is 0 Å². The van der Waals surface area contributed by atoms with Gasteiger partial charge in [0.15, 0.2) is 0 Å². The van der Waals surface area contributed by atoms with Gasteiger partial charge in [0.1, 0.15) is 23.7 Å². The first kappa shape index (κ1) is 13.1. The Bertz CT molecular complexity index is 608. The van der Waals surface area contributed by atoms with E-state index in [-0.39, 0.29) is 17.9 Å². The molecule has 0 saturated heterocycles. The van der Waals surface area contributed by atoms with E-state index in [1.54, 1.807) is 0 Å². The number of ether oxygens (including phenoxy) is 1. The summed E-state index contributed by atoms with van der Waals surface area (Å²) in [4.78, 5) is 11.0. The van der Waals surface area contributed by atoms with Crippen LogP contribution in [-0.4, -0.2) is 11.1 Å². The molecule has 0 aromatic heterocycles. The first-order valence-electron chi connectivity index (χ1n) is 5.77. The Labute approximate surface area is 110 Å². The van der Waals surface area contributed by atoms with E-state index in [1.165, 1.54) is 6.07 Å². The van der Waals surface area contributed by atoms with Crippen molar-refractivity contribution in [3.05, 3.63) is 65.0 Å². The third-order valence-electron chi connectivity index (χ3n) is 2.65. The number of carboxylic acid groups (broad SMARTS) is 1. The number of hydrogen-bond donors (Lipinski definition) is 1. The van der Waals surface area contributed by atoms with Gasteiger partial charge < -0.3 is 9.84 Å². The van der Waals surface area contributed by atoms with Crippen LogP contribution in [0.5, 0.6) is 5.75 Å². The molecule has 0 aliphatic carbocycles. The zero-order valence-corrected chi connectivity index (χ0v) is 10.4. The molecule has 1 N–H and O–H groups in total. The van der Waals surface area contributed by atoms with Gasteiger partial charge in [-0.15, -0.1) is 0 Å². The molecule has 19 heavy (non-hydrogen) atoms. The fourth-order valence-electron chi connectivity index (χ4n) is 1.76. The summed E-state index contributed by atoms with van der Waals surface area (Å²) >= 11 is 0. The monoisotopic (exact) mass is 260 g/mol. The standard InChI is InChI=1S/C15H13FO3/c1-10-3-2-4-11(7-10)9-19-14-8-12(16)5-6-13(14)15(17)18/h2-8H,9H2,1H3,(H,17,18). The lowest BCUT2D eigenvalue weighted by Crippen LogP contribution is -2.04. The molecular formula is C15H13FO3. The smallest absolute Gasteiger partial charge is 0.339 e. The lowest BCUT2D eigenvalue weighted by atomic mass is 10.1. The molecule has 0 amide bonds. The molecule has 0 saturated carbocycles. The number of carbonyl (C=O) groups is 1. The van der Waals surface area contributed by atoms with Gasteiger partial charge in [-0.05, 0) is 24.6 Å². The van der Waals surface area contributed by atoms with Gasteiger partial charge in [0.25, 0.3) is 0 Å². The second-order valence-corrected chi connectivity index (χ2v) is 4.22. The SMILES string of the molecule is Cc1cccc(COc2cc(F)ccc2C(=O)O)c1. The van der Waals surface area contributed by atoms with Gasteiger partial charge in [-0.3, -0.25) is 0 Å². The average Bonchev–Trinajstić information content (AvgIpc) is 2.36. The normalized spacial score (nSPS) is 10.2. The summed E-state index contributed by atoms with van der Waals surface area (Å²) in [6.45, 7) is 2.15. The van der Waals surface area contributed by atoms with Crippen LogP contribution in [0.25, 0.3) is 0 Å². The van der Waals surface area contributed by atoms with Gasteiger partial charge in [-0.25, -0.2) is 9.18 Å². The maximum absolute atomic E-state index is 13.1. The molecule has 0 atom stereocenters. The molecule has 0 aliphatic heterocycles. The number of aryl methyl sites for hydroxylation is 1. The fraction of sp³-hybridized carbons (Fsp3) is 0.133. The first-order valence-corrected chi connectivity index (χ1v) is 5.77. The van der Waals surface area contributed by atoms with Crippen molar-refractivity contribution in [1.29, 1.82) is 0 Å². The lowest BCUT2D eigenvalue weighted by molar-refractivity contribution is 0.0691. The highest BCUT2D eigenvalue weighted by atomic mass is 19.1. The molecule has 4 heteroatoms. The molecule has 0 heterocycles. The van der Waals surface area contributed by atoms with Crippen LogP contribution in [0.1, 0.15) is 21.5 Å². The maximum Gasteiger partial charge on any atom is 0.339 e. The highest BCUT2D eigenvalue weighted by Gasteiger charge is 2.12. The van der Waals surface area contributed by atoms with Crippen molar-refractivity contribution >= 4 is 5.97 Å². The van der Waals surface area contributed by atoms with E-state index in [1.807, 2.05) is 31.2 Å². The maximum atomic E-state index is 13.1.